The molecule has 1 heterocycles. The predicted molar refractivity (Wildman–Crippen MR) is 77.8 cm³/mol. The van der Waals surface area contributed by atoms with Crippen LogP contribution < -0.4 is 5.32 Å². The number of nitrogens with one attached hydrogen (secondary N) is 1. The molecule has 0 fully saturated rings. The van der Waals surface area contributed by atoms with Crippen LogP contribution in [0.2, 0.25) is 0 Å². The standard InChI is InChI=1S/C15H18ClNO2/c1-3-12(6-7-16)17-15(18)14-9-11-8-10(2)4-5-13(11)19-14/h4-5,8-9,12H,3,6-7H2,1-2H3,(H,17,18). The van der Waals surface area contributed by atoms with E-state index in [4.69, 9.17) is 16.0 Å². The molecule has 19 heavy (non-hydrogen) atoms. The van der Waals surface area contributed by atoms with Gasteiger partial charge in [-0.2, -0.15) is 0 Å². The molecule has 0 saturated heterocycles. The minimum Gasteiger partial charge on any atom is -0.451 e. The Labute approximate surface area is 117 Å². The van der Waals surface area contributed by atoms with Gasteiger partial charge in [0.25, 0.3) is 5.91 Å². The monoisotopic (exact) mass is 279 g/mol. The van der Waals surface area contributed by atoms with Gasteiger partial charge in [0, 0.05) is 17.3 Å². The van der Waals surface area contributed by atoms with Crippen molar-refractivity contribution in [1.82, 2.24) is 5.32 Å². The van der Waals surface area contributed by atoms with Crippen LogP contribution in [-0.2, 0) is 0 Å². The lowest BCUT2D eigenvalue weighted by Crippen LogP contribution is -2.34. The minimum atomic E-state index is -0.175. The van der Waals surface area contributed by atoms with Gasteiger partial charge in [0.2, 0.25) is 0 Å². The van der Waals surface area contributed by atoms with E-state index >= 15 is 0 Å². The van der Waals surface area contributed by atoms with Crippen molar-refractivity contribution in [3.63, 3.8) is 0 Å². The molecule has 2 rings (SSSR count). The van der Waals surface area contributed by atoms with Crippen LogP contribution in [0.25, 0.3) is 11.0 Å². The van der Waals surface area contributed by atoms with E-state index in [1.54, 1.807) is 6.07 Å². The van der Waals surface area contributed by atoms with Crippen molar-refractivity contribution in [3.05, 3.63) is 35.6 Å². The highest BCUT2D eigenvalue weighted by molar-refractivity contribution is 6.17. The number of halogens is 1. The first-order chi connectivity index (χ1) is 9.13. The van der Waals surface area contributed by atoms with Gasteiger partial charge in [-0.3, -0.25) is 4.79 Å². The third kappa shape index (κ3) is 3.29. The van der Waals surface area contributed by atoms with E-state index < -0.39 is 0 Å². The number of benzene rings is 1. The quantitative estimate of drug-likeness (QED) is 0.844. The third-order valence-electron chi connectivity index (χ3n) is 3.18. The largest absolute Gasteiger partial charge is 0.451 e. The van der Waals surface area contributed by atoms with Crippen LogP contribution in [0.5, 0.6) is 0 Å². The molecule has 0 aliphatic heterocycles. The molecule has 1 N–H and O–H groups in total. The molecular formula is C15H18ClNO2. The zero-order chi connectivity index (χ0) is 13.8. The molecule has 1 amide bonds. The summed E-state index contributed by atoms with van der Waals surface area (Å²) in [7, 11) is 0. The Morgan fingerprint density at radius 2 is 2.21 bits per heavy atom. The van der Waals surface area contributed by atoms with Crippen LogP contribution in [-0.4, -0.2) is 17.8 Å². The Bertz CT molecular complexity index is 577. The number of carbonyl (C=O) groups excluding carboxylic acids is 1. The summed E-state index contributed by atoms with van der Waals surface area (Å²) in [5.41, 5.74) is 1.88. The number of amides is 1. The number of aryl methyl sites for hydroxylation is 1. The van der Waals surface area contributed by atoms with Gasteiger partial charge in [-0.05, 0) is 38.0 Å². The van der Waals surface area contributed by atoms with Crippen molar-refractivity contribution >= 4 is 28.5 Å². The van der Waals surface area contributed by atoms with Crippen molar-refractivity contribution in [2.24, 2.45) is 0 Å². The molecule has 0 bridgehead atoms. The molecule has 0 aliphatic carbocycles. The van der Waals surface area contributed by atoms with E-state index in [1.807, 2.05) is 32.0 Å². The number of alkyl halides is 1. The van der Waals surface area contributed by atoms with Gasteiger partial charge in [-0.15, -0.1) is 11.6 Å². The van der Waals surface area contributed by atoms with E-state index in [0.29, 0.717) is 11.6 Å². The van der Waals surface area contributed by atoms with E-state index in [2.05, 4.69) is 5.32 Å². The zero-order valence-corrected chi connectivity index (χ0v) is 12.0. The number of hydrogen-bond acceptors (Lipinski definition) is 2. The van der Waals surface area contributed by atoms with Gasteiger partial charge in [0.1, 0.15) is 5.58 Å². The summed E-state index contributed by atoms with van der Waals surface area (Å²) in [6, 6.07) is 7.74. The van der Waals surface area contributed by atoms with E-state index in [-0.39, 0.29) is 11.9 Å². The van der Waals surface area contributed by atoms with Crippen molar-refractivity contribution in [3.8, 4) is 0 Å². The lowest BCUT2D eigenvalue weighted by atomic mass is 10.1. The highest BCUT2D eigenvalue weighted by atomic mass is 35.5. The second-order valence-electron chi connectivity index (χ2n) is 4.71. The summed E-state index contributed by atoms with van der Waals surface area (Å²) in [5.74, 6) is 0.720. The fourth-order valence-corrected chi connectivity index (χ4v) is 2.30. The normalized spacial score (nSPS) is 12.6. The first-order valence-electron chi connectivity index (χ1n) is 6.51. The van der Waals surface area contributed by atoms with E-state index in [9.17, 15) is 4.79 Å². The molecular weight excluding hydrogens is 262 g/mol. The van der Waals surface area contributed by atoms with Crippen LogP contribution in [0.15, 0.2) is 28.7 Å². The van der Waals surface area contributed by atoms with Gasteiger partial charge in [-0.1, -0.05) is 18.6 Å². The highest BCUT2D eigenvalue weighted by Crippen LogP contribution is 2.20. The topological polar surface area (TPSA) is 42.2 Å². The fourth-order valence-electron chi connectivity index (χ4n) is 2.04. The molecule has 0 saturated carbocycles. The highest BCUT2D eigenvalue weighted by Gasteiger charge is 2.15. The number of fused-ring (bicyclic) bond motifs is 1. The van der Waals surface area contributed by atoms with E-state index in [0.717, 1.165) is 29.4 Å². The first-order valence-corrected chi connectivity index (χ1v) is 7.04. The molecule has 2 aromatic rings. The number of hydrogen-bond donors (Lipinski definition) is 1. The van der Waals surface area contributed by atoms with Crippen molar-refractivity contribution < 1.29 is 9.21 Å². The summed E-state index contributed by atoms with van der Waals surface area (Å²) < 4.78 is 5.56. The second-order valence-corrected chi connectivity index (χ2v) is 5.09. The summed E-state index contributed by atoms with van der Waals surface area (Å²) in [5, 5.41) is 3.90. The van der Waals surface area contributed by atoms with Gasteiger partial charge in [0.05, 0.1) is 0 Å². The first kappa shape index (κ1) is 13.9. The Kier molecular flexibility index (Phi) is 4.48. The Morgan fingerprint density at radius 3 is 2.89 bits per heavy atom. The molecule has 1 aromatic carbocycles. The average molecular weight is 280 g/mol. The molecule has 1 atom stereocenters. The van der Waals surface area contributed by atoms with Crippen molar-refractivity contribution in [2.75, 3.05) is 5.88 Å². The Balaban J connectivity index is 2.17. The summed E-state index contributed by atoms with van der Waals surface area (Å²) >= 11 is 5.71. The molecule has 0 aliphatic rings. The lowest BCUT2D eigenvalue weighted by Gasteiger charge is -2.14. The molecule has 4 heteroatoms. The lowest BCUT2D eigenvalue weighted by molar-refractivity contribution is 0.0909. The van der Waals surface area contributed by atoms with Crippen molar-refractivity contribution in [2.45, 2.75) is 32.7 Å². The van der Waals surface area contributed by atoms with Crippen LogP contribution in [0.1, 0.15) is 35.9 Å². The minimum absolute atomic E-state index is 0.0972. The average Bonchev–Trinajstić information content (AvgIpc) is 2.81. The van der Waals surface area contributed by atoms with Gasteiger partial charge in [-0.25, -0.2) is 0 Å². The Hall–Kier alpha value is -1.48. The predicted octanol–water partition coefficient (Wildman–Crippen LogP) is 3.88. The van der Waals surface area contributed by atoms with Crippen molar-refractivity contribution in [1.29, 1.82) is 0 Å². The van der Waals surface area contributed by atoms with Crippen LogP contribution in [0, 0.1) is 6.92 Å². The molecule has 0 spiro atoms. The molecule has 102 valence electrons. The number of furan rings is 1. The SMILES string of the molecule is CCC(CCCl)NC(=O)c1cc2cc(C)ccc2o1. The number of carbonyl (C=O) groups is 1. The van der Waals surface area contributed by atoms with Gasteiger partial charge >= 0.3 is 0 Å². The summed E-state index contributed by atoms with van der Waals surface area (Å²) in [6.45, 7) is 4.04. The molecule has 1 unspecified atom stereocenters. The molecule has 3 nitrogen and oxygen atoms in total. The molecule has 1 aromatic heterocycles. The maximum atomic E-state index is 12.1. The zero-order valence-electron chi connectivity index (χ0n) is 11.2. The maximum absolute atomic E-state index is 12.1. The third-order valence-corrected chi connectivity index (χ3v) is 3.40. The number of rotatable bonds is 5. The summed E-state index contributed by atoms with van der Waals surface area (Å²) in [4.78, 5) is 12.1. The Morgan fingerprint density at radius 1 is 1.42 bits per heavy atom. The smallest absolute Gasteiger partial charge is 0.287 e. The maximum Gasteiger partial charge on any atom is 0.287 e. The van der Waals surface area contributed by atoms with Crippen LogP contribution in [0.4, 0.5) is 0 Å². The van der Waals surface area contributed by atoms with E-state index in [1.165, 1.54) is 0 Å². The van der Waals surface area contributed by atoms with Gasteiger partial charge < -0.3 is 9.73 Å². The summed E-state index contributed by atoms with van der Waals surface area (Å²) in [6.07, 6.45) is 1.63. The van der Waals surface area contributed by atoms with Crippen LogP contribution in [0.3, 0.4) is 0 Å². The fraction of sp³-hybridized carbons (Fsp3) is 0.400. The van der Waals surface area contributed by atoms with Gasteiger partial charge in [0.15, 0.2) is 5.76 Å². The second kappa shape index (κ2) is 6.11. The van der Waals surface area contributed by atoms with Crippen LogP contribution >= 0.6 is 11.6 Å². The molecule has 0 radical (unpaired) electrons.